The second-order valence-electron chi connectivity index (χ2n) is 3.97. The number of rotatable bonds is 3. The van der Waals surface area contributed by atoms with E-state index in [1.165, 1.54) is 0 Å². The van der Waals surface area contributed by atoms with Crippen LogP contribution in [0.15, 0.2) is 18.5 Å². The normalized spacial score (nSPS) is 25.4. The van der Waals surface area contributed by atoms with Crippen LogP contribution in [-0.4, -0.2) is 24.2 Å². The van der Waals surface area contributed by atoms with Gasteiger partial charge in [0, 0.05) is 19.3 Å². The van der Waals surface area contributed by atoms with Crippen LogP contribution in [0.3, 0.4) is 0 Å². The van der Waals surface area contributed by atoms with Gasteiger partial charge in [-0.2, -0.15) is 0 Å². The smallest absolute Gasteiger partial charge is 0.0736 e. The summed E-state index contributed by atoms with van der Waals surface area (Å²) >= 11 is 0. The third-order valence-electron chi connectivity index (χ3n) is 2.93. The molecule has 15 heavy (non-hydrogen) atoms. The van der Waals surface area contributed by atoms with E-state index >= 15 is 0 Å². The van der Waals surface area contributed by atoms with E-state index in [-0.39, 0.29) is 0 Å². The third kappa shape index (κ3) is 2.39. The summed E-state index contributed by atoms with van der Waals surface area (Å²) in [4.78, 5) is 3.96. The molecule has 0 bridgehead atoms. The van der Waals surface area contributed by atoms with E-state index in [9.17, 15) is 0 Å². The third-order valence-corrected chi connectivity index (χ3v) is 2.93. The SMILES string of the molecule is COC1CCC(Nc2ccncc2N)C1. The van der Waals surface area contributed by atoms with Crippen LogP contribution < -0.4 is 11.1 Å². The van der Waals surface area contributed by atoms with Crippen LogP contribution in [0.4, 0.5) is 11.4 Å². The fourth-order valence-electron chi connectivity index (χ4n) is 2.04. The zero-order chi connectivity index (χ0) is 10.7. The summed E-state index contributed by atoms with van der Waals surface area (Å²) in [5, 5.41) is 3.43. The average Bonchev–Trinajstić information content (AvgIpc) is 2.69. The summed E-state index contributed by atoms with van der Waals surface area (Å²) in [5.74, 6) is 0. The molecule has 0 amide bonds. The van der Waals surface area contributed by atoms with Crippen molar-refractivity contribution in [2.75, 3.05) is 18.2 Å². The monoisotopic (exact) mass is 207 g/mol. The topological polar surface area (TPSA) is 60.2 Å². The Hall–Kier alpha value is -1.29. The maximum Gasteiger partial charge on any atom is 0.0736 e. The van der Waals surface area contributed by atoms with Gasteiger partial charge < -0.3 is 15.8 Å². The quantitative estimate of drug-likeness (QED) is 0.791. The number of pyridine rings is 1. The van der Waals surface area contributed by atoms with E-state index in [4.69, 9.17) is 10.5 Å². The van der Waals surface area contributed by atoms with Crippen molar-refractivity contribution in [3.63, 3.8) is 0 Å². The Balaban J connectivity index is 1.96. The molecule has 0 aliphatic heterocycles. The van der Waals surface area contributed by atoms with Crippen molar-refractivity contribution in [2.24, 2.45) is 0 Å². The number of nitrogens with zero attached hydrogens (tertiary/aromatic N) is 1. The predicted octanol–water partition coefficient (Wildman–Crippen LogP) is 1.64. The highest BCUT2D eigenvalue weighted by Gasteiger charge is 2.24. The first-order chi connectivity index (χ1) is 7.29. The molecule has 1 aliphatic carbocycles. The van der Waals surface area contributed by atoms with Gasteiger partial charge in [0.15, 0.2) is 0 Å². The van der Waals surface area contributed by atoms with Crippen LogP contribution in [0.25, 0.3) is 0 Å². The maximum absolute atomic E-state index is 5.81. The van der Waals surface area contributed by atoms with Crippen molar-refractivity contribution in [1.82, 2.24) is 4.98 Å². The summed E-state index contributed by atoms with van der Waals surface area (Å²) < 4.78 is 5.33. The molecule has 1 saturated carbocycles. The molecule has 0 spiro atoms. The number of anilines is 2. The molecule has 0 radical (unpaired) electrons. The minimum atomic E-state index is 0.394. The number of hydrogen-bond acceptors (Lipinski definition) is 4. The number of nitrogen functional groups attached to an aromatic ring is 1. The lowest BCUT2D eigenvalue weighted by Crippen LogP contribution is -2.18. The zero-order valence-electron chi connectivity index (χ0n) is 8.94. The van der Waals surface area contributed by atoms with Gasteiger partial charge in [0.05, 0.1) is 23.7 Å². The highest BCUT2D eigenvalue weighted by molar-refractivity contribution is 5.64. The molecular formula is C11H17N3O. The van der Waals surface area contributed by atoms with Gasteiger partial charge in [0.25, 0.3) is 0 Å². The van der Waals surface area contributed by atoms with Gasteiger partial charge in [-0.05, 0) is 25.3 Å². The number of methoxy groups -OCH3 is 1. The molecule has 4 nitrogen and oxygen atoms in total. The van der Waals surface area contributed by atoms with Gasteiger partial charge >= 0.3 is 0 Å². The second-order valence-corrected chi connectivity index (χ2v) is 3.97. The van der Waals surface area contributed by atoms with E-state index < -0.39 is 0 Å². The average molecular weight is 207 g/mol. The molecule has 82 valence electrons. The van der Waals surface area contributed by atoms with Crippen molar-refractivity contribution in [3.05, 3.63) is 18.5 Å². The van der Waals surface area contributed by atoms with Crippen molar-refractivity contribution in [2.45, 2.75) is 31.4 Å². The maximum atomic E-state index is 5.81. The van der Waals surface area contributed by atoms with Gasteiger partial charge in [0.2, 0.25) is 0 Å². The first-order valence-corrected chi connectivity index (χ1v) is 5.28. The lowest BCUT2D eigenvalue weighted by molar-refractivity contribution is 0.108. The summed E-state index contributed by atoms with van der Waals surface area (Å²) in [5.41, 5.74) is 7.49. The van der Waals surface area contributed by atoms with Crippen molar-refractivity contribution < 1.29 is 4.74 Å². The first-order valence-electron chi connectivity index (χ1n) is 5.28. The molecule has 2 atom stereocenters. The molecular weight excluding hydrogens is 190 g/mol. The number of ether oxygens (including phenoxy) is 1. The molecule has 1 aromatic heterocycles. The van der Waals surface area contributed by atoms with E-state index in [0.29, 0.717) is 17.8 Å². The Labute approximate surface area is 89.8 Å². The lowest BCUT2D eigenvalue weighted by atomic mass is 10.2. The lowest BCUT2D eigenvalue weighted by Gasteiger charge is -2.15. The van der Waals surface area contributed by atoms with Gasteiger partial charge in [-0.1, -0.05) is 0 Å². The van der Waals surface area contributed by atoms with E-state index in [1.807, 2.05) is 6.07 Å². The van der Waals surface area contributed by atoms with Gasteiger partial charge in [0.1, 0.15) is 0 Å². The summed E-state index contributed by atoms with van der Waals surface area (Å²) in [7, 11) is 1.77. The molecule has 3 N–H and O–H groups in total. The van der Waals surface area contributed by atoms with Crippen LogP contribution in [0.1, 0.15) is 19.3 Å². The summed E-state index contributed by atoms with van der Waals surface area (Å²) in [6.07, 6.45) is 7.13. The zero-order valence-corrected chi connectivity index (χ0v) is 8.94. The first kappa shape index (κ1) is 10.2. The molecule has 2 rings (SSSR count). The van der Waals surface area contributed by atoms with Crippen LogP contribution in [-0.2, 0) is 4.74 Å². The Morgan fingerprint density at radius 3 is 3.07 bits per heavy atom. The molecule has 1 fully saturated rings. The molecule has 1 heterocycles. The van der Waals surface area contributed by atoms with Crippen LogP contribution >= 0.6 is 0 Å². The van der Waals surface area contributed by atoms with Crippen LogP contribution in [0.5, 0.6) is 0 Å². The molecule has 4 heteroatoms. The highest BCUT2D eigenvalue weighted by Crippen LogP contribution is 2.26. The van der Waals surface area contributed by atoms with Crippen molar-refractivity contribution >= 4 is 11.4 Å². The van der Waals surface area contributed by atoms with Gasteiger partial charge in [-0.25, -0.2) is 0 Å². The standard InChI is InChI=1S/C11H17N3O/c1-15-9-3-2-8(6-9)14-11-4-5-13-7-10(11)12/h4-5,7-9H,2-3,6,12H2,1H3,(H,13,14). The number of nitrogens with one attached hydrogen (secondary N) is 1. The Morgan fingerprint density at radius 1 is 1.53 bits per heavy atom. The summed E-state index contributed by atoms with van der Waals surface area (Å²) in [6, 6.07) is 2.38. The van der Waals surface area contributed by atoms with Gasteiger partial charge in [-0.3, -0.25) is 4.98 Å². The predicted molar refractivity (Wildman–Crippen MR) is 60.7 cm³/mol. The number of nitrogens with two attached hydrogens (primary N) is 1. The minimum Gasteiger partial charge on any atom is -0.396 e. The van der Waals surface area contributed by atoms with Crippen LogP contribution in [0.2, 0.25) is 0 Å². The number of aromatic nitrogens is 1. The second kappa shape index (κ2) is 4.49. The van der Waals surface area contributed by atoms with E-state index in [2.05, 4.69) is 10.3 Å². The fourth-order valence-corrected chi connectivity index (χ4v) is 2.04. The van der Waals surface area contributed by atoms with Crippen molar-refractivity contribution in [1.29, 1.82) is 0 Å². The summed E-state index contributed by atoms with van der Waals surface area (Å²) in [6.45, 7) is 0. The van der Waals surface area contributed by atoms with Crippen molar-refractivity contribution in [3.8, 4) is 0 Å². The largest absolute Gasteiger partial charge is 0.396 e. The molecule has 1 aromatic rings. The Kier molecular flexibility index (Phi) is 3.06. The Morgan fingerprint density at radius 2 is 2.40 bits per heavy atom. The fraction of sp³-hybridized carbons (Fsp3) is 0.545. The van der Waals surface area contributed by atoms with Gasteiger partial charge in [-0.15, -0.1) is 0 Å². The highest BCUT2D eigenvalue weighted by atomic mass is 16.5. The van der Waals surface area contributed by atoms with E-state index in [0.717, 1.165) is 24.9 Å². The Bertz CT molecular complexity index is 329. The molecule has 2 unspecified atom stereocenters. The molecule has 1 aliphatic rings. The van der Waals surface area contributed by atoms with E-state index in [1.54, 1.807) is 19.5 Å². The molecule has 0 saturated heterocycles. The molecule has 0 aromatic carbocycles. The van der Waals surface area contributed by atoms with Crippen LogP contribution in [0, 0.1) is 0 Å². The number of hydrogen-bond donors (Lipinski definition) is 2. The minimum absolute atomic E-state index is 0.394.